The van der Waals surface area contributed by atoms with E-state index in [-0.39, 0.29) is 23.9 Å². The lowest BCUT2D eigenvalue weighted by molar-refractivity contribution is -0.128. The van der Waals surface area contributed by atoms with Crippen molar-refractivity contribution in [2.45, 2.75) is 114 Å². The number of nitrogens with two attached hydrogens (primary N) is 1. The normalized spacial score (nSPS) is 30.3. The van der Waals surface area contributed by atoms with Gasteiger partial charge in [-0.2, -0.15) is 0 Å². The van der Waals surface area contributed by atoms with Crippen LogP contribution in [0.4, 0.5) is 0 Å². The molecular weight excluding hydrogens is 438 g/mol. The van der Waals surface area contributed by atoms with E-state index >= 15 is 0 Å². The smallest absolute Gasteiger partial charge is 0.256 e. The summed E-state index contributed by atoms with van der Waals surface area (Å²) in [5.74, 6) is 0.728. The quantitative estimate of drug-likeness (QED) is 0.622. The summed E-state index contributed by atoms with van der Waals surface area (Å²) in [6.07, 6.45) is 18.1. The Morgan fingerprint density at radius 2 is 1.77 bits per heavy atom. The molecule has 7 heteroatoms. The molecule has 7 nitrogen and oxygen atoms in total. The first-order valence-electron chi connectivity index (χ1n) is 14.1. The topological polar surface area (TPSA) is 91.6 Å². The fourth-order valence-corrected chi connectivity index (χ4v) is 6.63. The minimum Gasteiger partial charge on any atom is -0.352 e. The Bertz CT molecular complexity index is 846. The molecule has 4 aliphatic rings. The van der Waals surface area contributed by atoms with Crippen molar-refractivity contribution in [3.05, 3.63) is 30.1 Å². The second-order valence-corrected chi connectivity index (χ2v) is 11.5. The number of rotatable bonds is 7. The summed E-state index contributed by atoms with van der Waals surface area (Å²) in [6, 6.07) is 4.63. The van der Waals surface area contributed by atoms with Crippen LogP contribution in [0.15, 0.2) is 24.5 Å². The highest BCUT2D eigenvalue weighted by atomic mass is 16.2. The van der Waals surface area contributed by atoms with Crippen LogP contribution in [0, 0.1) is 5.92 Å². The van der Waals surface area contributed by atoms with Gasteiger partial charge in [-0.3, -0.25) is 19.5 Å². The number of nitrogens with zero attached hydrogens (tertiary/aromatic N) is 3. The number of hydrogen-bond donors (Lipinski definition) is 2. The van der Waals surface area contributed by atoms with Crippen molar-refractivity contribution in [1.82, 2.24) is 20.1 Å². The van der Waals surface area contributed by atoms with E-state index in [0.29, 0.717) is 24.2 Å². The molecule has 35 heavy (non-hydrogen) atoms. The van der Waals surface area contributed by atoms with E-state index in [2.05, 4.69) is 15.2 Å². The largest absolute Gasteiger partial charge is 0.352 e. The van der Waals surface area contributed by atoms with Crippen LogP contribution in [0.2, 0.25) is 0 Å². The average molecular weight is 482 g/mol. The maximum atomic E-state index is 13.7. The lowest BCUT2D eigenvalue weighted by Crippen LogP contribution is -2.59. The monoisotopic (exact) mass is 481 g/mol. The number of nitrogens with one attached hydrogen (secondary N) is 1. The zero-order chi connectivity index (χ0) is 24.2. The van der Waals surface area contributed by atoms with Gasteiger partial charge in [0, 0.05) is 49.7 Å². The highest BCUT2D eigenvalue weighted by molar-refractivity contribution is 5.97. The molecule has 4 fully saturated rings. The molecule has 1 saturated heterocycles. The van der Waals surface area contributed by atoms with Gasteiger partial charge < -0.3 is 16.0 Å². The molecule has 1 aromatic heterocycles. The molecule has 5 rings (SSSR count). The summed E-state index contributed by atoms with van der Waals surface area (Å²) < 4.78 is 0. The molecule has 2 amide bonds. The predicted octanol–water partition coefficient (Wildman–Crippen LogP) is 3.49. The number of aromatic nitrogens is 1. The van der Waals surface area contributed by atoms with Crippen molar-refractivity contribution in [2.75, 3.05) is 13.1 Å². The number of carbonyl (C=O) groups excluding carboxylic acids is 2. The van der Waals surface area contributed by atoms with Gasteiger partial charge in [0.15, 0.2) is 0 Å². The third-order valence-corrected chi connectivity index (χ3v) is 8.84. The van der Waals surface area contributed by atoms with Crippen molar-refractivity contribution < 1.29 is 9.59 Å². The molecule has 3 saturated carbocycles. The first-order chi connectivity index (χ1) is 17.1. The van der Waals surface area contributed by atoms with Crippen LogP contribution in [-0.4, -0.2) is 69.9 Å². The molecule has 0 bridgehead atoms. The first-order valence-corrected chi connectivity index (χ1v) is 14.1. The molecule has 2 heterocycles. The van der Waals surface area contributed by atoms with Gasteiger partial charge in [-0.15, -0.1) is 0 Å². The SMILES string of the molecule is NC1CCC(NC(=O)[C@H]2CC(N(CC3CCCCC3)C3CC3)CCN2C(=O)c2cccnc2)CC1. The zero-order valence-corrected chi connectivity index (χ0v) is 21.1. The summed E-state index contributed by atoms with van der Waals surface area (Å²) in [5.41, 5.74) is 6.65. The molecule has 3 aliphatic carbocycles. The van der Waals surface area contributed by atoms with Crippen molar-refractivity contribution in [3.8, 4) is 0 Å². The van der Waals surface area contributed by atoms with E-state index < -0.39 is 6.04 Å². The van der Waals surface area contributed by atoms with E-state index in [0.717, 1.165) is 44.4 Å². The summed E-state index contributed by atoms with van der Waals surface area (Å²) in [6.45, 7) is 1.79. The number of hydrogen-bond acceptors (Lipinski definition) is 5. The van der Waals surface area contributed by atoms with Crippen LogP contribution < -0.4 is 11.1 Å². The van der Waals surface area contributed by atoms with Crippen molar-refractivity contribution >= 4 is 11.8 Å². The Morgan fingerprint density at radius 3 is 2.46 bits per heavy atom. The molecule has 0 spiro atoms. The summed E-state index contributed by atoms with van der Waals surface area (Å²) in [4.78, 5) is 35.8. The third kappa shape index (κ3) is 6.23. The van der Waals surface area contributed by atoms with E-state index in [4.69, 9.17) is 5.73 Å². The highest BCUT2D eigenvalue weighted by Gasteiger charge is 2.43. The van der Waals surface area contributed by atoms with Crippen LogP contribution in [0.3, 0.4) is 0 Å². The summed E-state index contributed by atoms with van der Waals surface area (Å²) in [5, 5.41) is 3.31. The van der Waals surface area contributed by atoms with E-state index in [1.165, 1.54) is 51.5 Å². The van der Waals surface area contributed by atoms with Gasteiger partial charge in [0.2, 0.25) is 5.91 Å². The van der Waals surface area contributed by atoms with Crippen molar-refractivity contribution in [2.24, 2.45) is 11.7 Å². The van der Waals surface area contributed by atoms with Crippen LogP contribution in [0.5, 0.6) is 0 Å². The maximum absolute atomic E-state index is 13.7. The van der Waals surface area contributed by atoms with E-state index in [9.17, 15) is 9.59 Å². The Hall–Kier alpha value is -1.99. The molecule has 1 aliphatic heterocycles. The second-order valence-electron chi connectivity index (χ2n) is 11.5. The Labute approximate surface area is 210 Å². The molecule has 0 radical (unpaired) electrons. The van der Waals surface area contributed by atoms with Crippen LogP contribution in [0.25, 0.3) is 0 Å². The average Bonchev–Trinajstić information content (AvgIpc) is 3.74. The van der Waals surface area contributed by atoms with Crippen LogP contribution in [-0.2, 0) is 4.79 Å². The van der Waals surface area contributed by atoms with E-state index in [1.54, 1.807) is 24.5 Å². The lowest BCUT2D eigenvalue weighted by Gasteiger charge is -2.44. The Balaban J connectivity index is 1.31. The minimum atomic E-state index is -0.426. The summed E-state index contributed by atoms with van der Waals surface area (Å²) in [7, 11) is 0. The number of carbonyl (C=O) groups is 2. The maximum Gasteiger partial charge on any atom is 0.256 e. The van der Waals surface area contributed by atoms with Gasteiger partial charge >= 0.3 is 0 Å². The number of likely N-dealkylation sites (tertiary alicyclic amines) is 1. The molecule has 2 atom stereocenters. The first kappa shape index (κ1) is 24.7. The molecule has 1 unspecified atom stereocenters. The molecule has 1 aromatic rings. The van der Waals surface area contributed by atoms with Crippen molar-refractivity contribution in [3.63, 3.8) is 0 Å². The standard InChI is InChI=1S/C28H43N5O2/c29-22-8-10-23(11-9-22)31-27(34)26-17-25(14-16-32(26)28(35)21-7-4-15-30-18-21)33(24-12-13-24)19-20-5-2-1-3-6-20/h4,7,15,18,20,22-26H,1-3,5-6,8-14,16-17,19,29H2,(H,31,34)/t22?,23?,25?,26-/m1/s1. The molecular formula is C28H43N5O2. The van der Waals surface area contributed by atoms with Gasteiger partial charge in [0.05, 0.1) is 5.56 Å². The number of pyridine rings is 1. The molecule has 0 aromatic carbocycles. The fraction of sp³-hybridized carbons (Fsp3) is 0.750. The van der Waals surface area contributed by atoms with Gasteiger partial charge in [0.1, 0.15) is 6.04 Å². The van der Waals surface area contributed by atoms with Gasteiger partial charge in [0.25, 0.3) is 5.91 Å². The minimum absolute atomic E-state index is 0.0147. The van der Waals surface area contributed by atoms with Gasteiger partial charge in [-0.05, 0) is 82.3 Å². The van der Waals surface area contributed by atoms with Crippen LogP contribution in [0.1, 0.15) is 93.8 Å². The second kappa shape index (κ2) is 11.4. The fourth-order valence-electron chi connectivity index (χ4n) is 6.63. The summed E-state index contributed by atoms with van der Waals surface area (Å²) >= 11 is 0. The highest BCUT2D eigenvalue weighted by Crippen LogP contribution is 2.36. The van der Waals surface area contributed by atoms with Crippen LogP contribution >= 0.6 is 0 Å². The third-order valence-electron chi connectivity index (χ3n) is 8.84. The van der Waals surface area contributed by atoms with Crippen molar-refractivity contribution in [1.29, 1.82) is 0 Å². The lowest BCUT2D eigenvalue weighted by atomic mass is 9.87. The number of piperidine rings is 1. The predicted molar refractivity (Wildman–Crippen MR) is 137 cm³/mol. The molecule has 192 valence electrons. The van der Waals surface area contributed by atoms with Gasteiger partial charge in [-0.25, -0.2) is 0 Å². The zero-order valence-electron chi connectivity index (χ0n) is 21.1. The Morgan fingerprint density at radius 1 is 1.00 bits per heavy atom. The molecule has 3 N–H and O–H groups in total. The van der Waals surface area contributed by atoms with Gasteiger partial charge in [-0.1, -0.05) is 19.3 Å². The van der Waals surface area contributed by atoms with E-state index in [1.807, 2.05) is 4.90 Å². The Kier molecular flexibility index (Phi) is 8.03. The number of amides is 2.